The number of ether oxygens (including phenoxy) is 3. The third-order valence-corrected chi connectivity index (χ3v) is 3.55. The monoisotopic (exact) mass is 325 g/mol. The van der Waals surface area contributed by atoms with Gasteiger partial charge in [0.25, 0.3) is 0 Å². The minimum absolute atomic E-state index is 0.311. The Balaban J connectivity index is 1.67. The summed E-state index contributed by atoms with van der Waals surface area (Å²) < 4.78 is 21.5. The summed E-state index contributed by atoms with van der Waals surface area (Å²) in [6.07, 6.45) is 0. The average molecular weight is 325 g/mol. The first kappa shape index (κ1) is 16.1. The minimum atomic E-state index is 0.311. The maximum atomic E-state index is 5.75. The Hall–Kier alpha value is -2.79. The predicted octanol–water partition coefficient (Wildman–Crippen LogP) is 4.08. The van der Waals surface area contributed by atoms with Gasteiger partial charge in [-0.3, -0.25) is 0 Å². The molecule has 2 aromatic carbocycles. The van der Waals surface area contributed by atoms with Crippen LogP contribution >= 0.6 is 0 Å². The zero-order valence-corrected chi connectivity index (χ0v) is 13.7. The van der Waals surface area contributed by atoms with Crippen molar-refractivity contribution < 1.29 is 18.7 Å². The van der Waals surface area contributed by atoms with Crippen molar-refractivity contribution in [2.45, 2.75) is 13.2 Å². The highest BCUT2D eigenvalue weighted by Gasteiger charge is 2.09. The van der Waals surface area contributed by atoms with Crippen molar-refractivity contribution in [3.63, 3.8) is 0 Å². The van der Waals surface area contributed by atoms with E-state index >= 15 is 0 Å². The summed E-state index contributed by atoms with van der Waals surface area (Å²) >= 11 is 0. The molecule has 0 aliphatic carbocycles. The zero-order chi connectivity index (χ0) is 16.8. The molecule has 3 aromatic rings. The van der Waals surface area contributed by atoms with Crippen LogP contribution in [0.5, 0.6) is 11.5 Å². The number of hydrogen-bond donors (Lipinski definition) is 0. The van der Waals surface area contributed by atoms with Crippen LogP contribution in [0.3, 0.4) is 0 Å². The Kier molecular flexibility index (Phi) is 5.13. The molecule has 5 nitrogen and oxygen atoms in total. The van der Waals surface area contributed by atoms with Gasteiger partial charge in [-0.25, -0.2) is 0 Å². The third kappa shape index (κ3) is 3.75. The summed E-state index contributed by atoms with van der Waals surface area (Å²) in [6, 6.07) is 17.4. The Bertz CT molecular complexity index is 780. The van der Waals surface area contributed by atoms with Crippen molar-refractivity contribution >= 4 is 0 Å². The summed E-state index contributed by atoms with van der Waals surface area (Å²) in [6.45, 7) is 0.903. The van der Waals surface area contributed by atoms with E-state index in [4.69, 9.17) is 18.7 Å². The molecule has 1 aromatic heterocycles. The largest absolute Gasteiger partial charge is 0.493 e. The quantitative estimate of drug-likeness (QED) is 0.655. The van der Waals surface area contributed by atoms with E-state index in [0.29, 0.717) is 30.5 Å². The SMILES string of the molecule is COCc1ccc(-c2cc(COc3ccccc3OC)no2)cc1. The Morgan fingerprint density at radius 1 is 0.917 bits per heavy atom. The predicted molar refractivity (Wildman–Crippen MR) is 90.0 cm³/mol. The first-order valence-electron chi connectivity index (χ1n) is 7.60. The fourth-order valence-electron chi connectivity index (χ4n) is 2.34. The van der Waals surface area contributed by atoms with Gasteiger partial charge in [-0.15, -0.1) is 0 Å². The van der Waals surface area contributed by atoms with Crippen molar-refractivity contribution in [3.05, 3.63) is 65.9 Å². The van der Waals surface area contributed by atoms with Gasteiger partial charge in [0.2, 0.25) is 0 Å². The molecule has 0 unspecified atom stereocenters. The Morgan fingerprint density at radius 3 is 2.38 bits per heavy atom. The number of benzene rings is 2. The van der Waals surface area contributed by atoms with E-state index in [1.165, 1.54) is 0 Å². The van der Waals surface area contributed by atoms with Gasteiger partial charge >= 0.3 is 0 Å². The molecule has 0 spiro atoms. The van der Waals surface area contributed by atoms with Gasteiger partial charge in [0.15, 0.2) is 17.3 Å². The Morgan fingerprint density at radius 2 is 1.67 bits per heavy atom. The van der Waals surface area contributed by atoms with Gasteiger partial charge < -0.3 is 18.7 Å². The summed E-state index contributed by atoms with van der Waals surface area (Å²) in [7, 11) is 3.29. The molecule has 0 aliphatic rings. The molecule has 5 heteroatoms. The van der Waals surface area contributed by atoms with Crippen molar-refractivity contribution in [1.82, 2.24) is 5.16 Å². The number of para-hydroxylation sites is 2. The lowest BCUT2D eigenvalue weighted by atomic mass is 10.1. The van der Waals surface area contributed by atoms with E-state index in [1.807, 2.05) is 54.6 Å². The van der Waals surface area contributed by atoms with E-state index in [2.05, 4.69) is 5.16 Å². The molecule has 3 rings (SSSR count). The lowest BCUT2D eigenvalue weighted by Gasteiger charge is -2.08. The normalized spacial score (nSPS) is 10.6. The van der Waals surface area contributed by atoms with Crippen LogP contribution in [0.15, 0.2) is 59.1 Å². The molecule has 0 amide bonds. The highest BCUT2D eigenvalue weighted by Crippen LogP contribution is 2.27. The van der Waals surface area contributed by atoms with E-state index < -0.39 is 0 Å². The number of aromatic nitrogens is 1. The fraction of sp³-hybridized carbons (Fsp3) is 0.211. The van der Waals surface area contributed by atoms with Crippen LogP contribution in [0.2, 0.25) is 0 Å². The van der Waals surface area contributed by atoms with Gasteiger partial charge in [0.1, 0.15) is 12.3 Å². The molecule has 0 saturated heterocycles. The van der Waals surface area contributed by atoms with Gasteiger partial charge in [0.05, 0.1) is 13.7 Å². The molecule has 24 heavy (non-hydrogen) atoms. The highest BCUT2D eigenvalue weighted by molar-refractivity contribution is 5.57. The van der Waals surface area contributed by atoms with Gasteiger partial charge in [-0.1, -0.05) is 41.6 Å². The smallest absolute Gasteiger partial charge is 0.167 e. The molecule has 0 aliphatic heterocycles. The first-order chi connectivity index (χ1) is 11.8. The van der Waals surface area contributed by atoms with Crippen molar-refractivity contribution in [2.75, 3.05) is 14.2 Å². The van der Waals surface area contributed by atoms with Gasteiger partial charge in [-0.2, -0.15) is 0 Å². The molecule has 0 fully saturated rings. The fourth-order valence-corrected chi connectivity index (χ4v) is 2.34. The molecule has 0 saturated carbocycles. The van der Waals surface area contributed by atoms with Gasteiger partial charge in [-0.05, 0) is 17.7 Å². The van der Waals surface area contributed by atoms with Crippen LogP contribution in [0, 0.1) is 0 Å². The van der Waals surface area contributed by atoms with E-state index in [1.54, 1.807) is 14.2 Å². The summed E-state index contributed by atoms with van der Waals surface area (Å²) in [5.41, 5.74) is 2.79. The number of rotatable bonds is 7. The van der Waals surface area contributed by atoms with Crippen molar-refractivity contribution in [3.8, 4) is 22.8 Å². The second-order valence-electron chi connectivity index (χ2n) is 5.25. The molecular formula is C19H19NO4. The summed E-state index contributed by atoms with van der Waals surface area (Å²) in [5.74, 6) is 2.07. The van der Waals surface area contributed by atoms with Gasteiger partial charge in [0, 0.05) is 18.7 Å². The zero-order valence-electron chi connectivity index (χ0n) is 13.7. The number of hydrogen-bond acceptors (Lipinski definition) is 5. The van der Waals surface area contributed by atoms with Crippen LogP contribution in [-0.4, -0.2) is 19.4 Å². The third-order valence-electron chi connectivity index (χ3n) is 3.55. The number of nitrogens with zero attached hydrogens (tertiary/aromatic N) is 1. The lowest BCUT2D eigenvalue weighted by molar-refractivity contribution is 0.185. The Labute approximate surface area is 140 Å². The molecular weight excluding hydrogens is 306 g/mol. The molecule has 0 radical (unpaired) electrons. The lowest BCUT2D eigenvalue weighted by Crippen LogP contribution is -1.97. The molecule has 0 N–H and O–H groups in total. The maximum absolute atomic E-state index is 5.75. The molecule has 124 valence electrons. The molecule has 0 bridgehead atoms. The second-order valence-corrected chi connectivity index (χ2v) is 5.25. The average Bonchev–Trinajstić information content (AvgIpc) is 3.10. The highest BCUT2D eigenvalue weighted by atomic mass is 16.5. The van der Waals surface area contributed by atoms with Crippen LogP contribution in [0.4, 0.5) is 0 Å². The minimum Gasteiger partial charge on any atom is -0.493 e. The second kappa shape index (κ2) is 7.66. The number of methoxy groups -OCH3 is 2. The van der Waals surface area contributed by atoms with Crippen LogP contribution in [0.1, 0.15) is 11.3 Å². The standard InChI is InChI=1S/C19H19NO4/c1-21-12-14-7-9-15(10-8-14)19-11-16(20-24-19)13-23-18-6-4-3-5-17(18)22-2/h3-11H,12-13H2,1-2H3. The molecule has 1 heterocycles. The van der Waals surface area contributed by atoms with Crippen molar-refractivity contribution in [2.24, 2.45) is 0 Å². The van der Waals surface area contributed by atoms with Crippen LogP contribution < -0.4 is 9.47 Å². The van der Waals surface area contributed by atoms with Crippen LogP contribution in [0.25, 0.3) is 11.3 Å². The topological polar surface area (TPSA) is 53.7 Å². The van der Waals surface area contributed by atoms with E-state index in [9.17, 15) is 0 Å². The summed E-state index contributed by atoms with van der Waals surface area (Å²) in [4.78, 5) is 0. The first-order valence-corrected chi connectivity index (χ1v) is 7.60. The van der Waals surface area contributed by atoms with E-state index in [-0.39, 0.29) is 0 Å². The summed E-state index contributed by atoms with van der Waals surface area (Å²) in [5, 5.41) is 4.06. The molecule has 0 atom stereocenters. The maximum Gasteiger partial charge on any atom is 0.167 e. The van der Waals surface area contributed by atoms with E-state index in [0.717, 1.165) is 16.8 Å². The van der Waals surface area contributed by atoms with Crippen LogP contribution in [-0.2, 0) is 18.0 Å². The van der Waals surface area contributed by atoms with Crippen molar-refractivity contribution in [1.29, 1.82) is 0 Å².